The lowest BCUT2D eigenvalue weighted by molar-refractivity contribution is 0.0816. The molecular weight excluding hydrogens is 306 g/mol. The van der Waals surface area contributed by atoms with Crippen molar-refractivity contribution in [1.82, 2.24) is 14.7 Å². The number of halogens is 1. The maximum absolute atomic E-state index is 9.51. The van der Waals surface area contributed by atoms with Crippen molar-refractivity contribution in [2.75, 3.05) is 13.2 Å². The number of aromatic nitrogens is 2. The van der Waals surface area contributed by atoms with Gasteiger partial charge in [0.25, 0.3) is 0 Å². The first-order valence-electron chi connectivity index (χ1n) is 7.30. The molecule has 19 heavy (non-hydrogen) atoms. The molecule has 1 aliphatic heterocycles. The lowest BCUT2D eigenvalue weighted by atomic mass is 10.0. The van der Waals surface area contributed by atoms with Crippen molar-refractivity contribution in [2.45, 2.75) is 58.7 Å². The fourth-order valence-corrected chi connectivity index (χ4v) is 3.53. The predicted octanol–water partition coefficient (Wildman–Crippen LogP) is 2.57. The average molecular weight is 330 g/mol. The minimum atomic E-state index is 0.262. The molecule has 5 heteroatoms. The zero-order chi connectivity index (χ0) is 13.8. The third-order valence-corrected chi connectivity index (χ3v) is 4.92. The molecule has 2 rings (SSSR count). The molecule has 1 aromatic heterocycles. The number of rotatable bonds is 5. The van der Waals surface area contributed by atoms with Crippen molar-refractivity contribution in [3.05, 3.63) is 15.9 Å². The van der Waals surface area contributed by atoms with Crippen LogP contribution in [0.3, 0.4) is 0 Å². The van der Waals surface area contributed by atoms with Crippen LogP contribution in [0, 0.1) is 0 Å². The lowest BCUT2D eigenvalue weighted by Crippen LogP contribution is -2.41. The van der Waals surface area contributed by atoms with Crippen LogP contribution in [0.1, 0.15) is 44.5 Å². The molecule has 2 heterocycles. The SMILES string of the molecule is CCc1nn(CC)c(CN2CCCCC2CO)c1Br. The number of hydrogen-bond acceptors (Lipinski definition) is 3. The number of nitrogens with zero attached hydrogens (tertiary/aromatic N) is 3. The molecular formula is C14H24BrN3O. The number of aryl methyl sites for hydroxylation is 2. The van der Waals surface area contributed by atoms with E-state index < -0.39 is 0 Å². The molecule has 1 saturated heterocycles. The zero-order valence-corrected chi connectivity index (χ0v) is 13.5. The van der Waals surface area contributed by atoms with Gasteiger partial charge in [0.1, 0.15) is 0 Å². The van der Waals surface area contributed by atoms with Gasteiger partial charge < -0.3 is 5.11 Å². The molecule has 0 amide bonds. The molecule has 108 valence electrons. The Morgan fingerprint density at radius 1 is 1.37 bits per heavy atom. The van der Waals surface area contributed by atoms with Crippen LogP contribution in [0.25, 0.3) is 0 Å². The van der Waals surface area contributed by atoms with Crippen LogP contribution in [0.5, 0.6) is 0 Å². The normalized spacial score (nSPS) is 20.9. The summed E-state index contributed by atoms with van der Waals surface area (Å²) in [5.74, 6) is 0. The van der Waals surface area contributed by atoms with E-state index in [0.717, 1.165) is 42.6 Å². The van der Waals surface area contributed by atoms with Gasteiger partial charge in [-0.25, -0.2) is 0 Å². The first-order chi connectivity index (χ1) is 9.21. The first-order valence-corrected chi connectivity index (χ1v) is 8.09. The van der Waals surface area contributed by atoms with E-state index in [2.05, 4.69) is 44.5 Å². The second-order valence-electron chi connectivity index (χ2n) is 5.18. The van der Waals surface area contributed by atoms with Gasteiger partial charge in [0.2, 0.25) is 0 Å². The van der Waals surface area contributed by atoms with Crippen molar-refractivity contribution in [3.63, 3.8) is 0 Å². The van der Waals surface area contributed by atoms with Crippen molar-refractivity contribution in [2.24, 2.45) is 0 Å². The van der Waals surface area contributed by atoms with E-state index in [-0.39, 0.29) is 6.61 Å². The average Bonchev–Trinajstić information content (AvgIpc) is 2.76. The van der Waals surface area contributed by atoms with Gasteiger partial charge >= 0.3 is 0 Å². The lowest BCUT2D eigenvalue weighted by Gasteiger charge is -2.34. The summed E-state index contributed by atoms with van der Waals surface area (Å²) in [6, 6.07) is 0.311. The standard InChI is InChI=1S/C14H24BrN3O/c1-3-12-14(15)13(18(4-2)16-12)9-17-8-6-5-7-11(17)10-19/h11,19H,3-10H2,1-2H3. The summed E-state index contributed by atoms with van der Waals surface area (Å²) in [7, 11) is 0. The Morgan fingerprint density at radius 3 is 2.79 bits per heavy atom. The Morgan fingerprint density at radius 2 is 2.16 bits per heavy atom. The second-order valence-corrected chi connectivity index (χ2v) is 5.97. The first kappa shape index (κ1) is 15.0. The molecule has 0 bridgehead atoms. The van der Waals surface area contributed by atoms with Crippen LogP contribution in [0.2, 0.25) is 0 Å². The Kier molecular flexibility index (Phi) is 5.42. The van der Waals surface area contributed by atoms with E-state index in [1.54, 1.807) is 0 Å². The Labute approximate surface area is 123 Å². The number of hydrogen-bond donors (Lipinski definition) is 1. The number of piperidine rings is 1. The molecule has 4 nitrogen and oxygen atoms in total. The van der Waals surface area contributed by atoms with E-state index in [4.69, 9.17) is 0 Å². The van der Waals surface area contributed by atoms with E-state index in [1.807, 2.05) is 0 Å². The van der Waals surface area contributed by atoms with Crippen molar-refractivity contribution in [3.8, 4) is 0 Å². The fraction of sp³-hybridized carbons (Fsp3) is 0.786. The van der Waals surface area contributed by atoms with Crippen LogP contribution in [0.4, 0.5) is 0 Å². The summed E-state index contributed by atoms with van der Waals surface area (Å²) in [5.41, 5.74) is 2.38. The summed E-state index contributed by atoms with van der Waals surface area (Å²) in [4.78, 5) is 2.40. The Hall–Kier alpha value is -0.390. The molecule has 1 fully saturated rings. The molecule has 0 spiro atoms. The van der Waals surface area contributed by atoms with Crippen molar-refractivity contribution >= 4 is 15.9 Å². The van der Waals surface area contributed by atoms with Crippen LogP contribution >= 0.6 is 15.9 Å². The molecule has 0 saturated carbocycles. The number of likely N-dealkylation sites (tertiary alicyclic amines) is 1. The highest BCUT2D eigenvalue weighted by atomic mass is 79.9. The topological polar surface area (TPSA) is 41.3 Å². The van der Waals surface area contributed by atoms with Crippen LogP contribution < -0.4 is 0 Å². The fourth-order valence-electron chi connectivity index (χ4n) is 2.84. The highest BCUT2D eigenvalue weighted by Crippen LogP contribution is 2.26. The quantitative estimate of drug-likeness (QED) is 0.902. The summed E-state index contributed by atoms with van der Waals surface area (Å²) < 4.78 is 3.24. The van der Waals surface area contributed by atoms with E-state index >= 15 is 0 Å². The summed E-state index contributed by atoms with van der Waals surface area (Å²) in [5, 5.41) is 14.2. The zero-order valence-electron chi connectivity index (χ0n) is 11.9. The third-order valence-electron chi connectivity index (χ3n) is 4.01. The van der Waals surface area contributed by atoms with Crippen LogP contribution in [-0.2, 0) is 19.5 Å². The molecule has 1 aromatic rings. The second kappa shape index (κ2) is 6.86. The van der Waals surface area contributed by atoms with Gasteiger partial charge in [-0.2, -0.15) is 5.10 Å². The molecule has 0 radical (unpaired) electrons. The predicted molar refractivity (Wildman–Crippen MR) is 80.1 cm³/mol. The van der Waals surface area contributed by atoms with E-state index in [9.17, 15) is 5.11 Å². The maximum Gasteiger partial charge on any atom is 0.0767 e. The largest absolute Gasteiger partial charge is 0.395 e. The van der Waals surface area contributed by atoms with Gasteiger partial charge in [-0.15, -0.1) is 0 Å². The minimum absolute atomic E-state index is 0.262. The number of aliphatic hydroxyl groups excluding tert-OH is 1. The summed E-state index contributed by atoms with van der Waals surface area (Å²) in [6.07, 6.45) is 4.52. The number of aliphatic hydroxyl groups is 1. The molecule has 0 aromatic carbocycles. The highest BCUT2D eigenvalue weighted by Gasteiger charge is 2.24. The van der Waals surface area contributed by atoms with E-state index in [1.165, 1.54) is 18.5 Å². The molecule has 1 N–H and O–H groups in total. The Balaban J connectivity index is 2.19. The molecule has 0 aliphatic carbocycles. The third kappa shape index (κ3) is 3.20. The maximum atomic E-state index is 9.51. The summed E-state index contributed by atoms with van der Waals surface area (Å²) in [6.45, 7) is 7.38. The molecule has 1 atom stereocenters. The van der Waals surface area contributed by atoms with Gasteiger partial charge in [-0.3, -0.25) is 9.58 Å². The minimum Gasteiger partial charge on any atom is -0.395 e. The van der Waals surface area contributed by atoms with Gasteiger partial charge in [0.05, 0.1) is 22.5 Å². The van der Waals surface area contributed by atoms with E-state index in [0.29, 0.717) is 6.04 Å². The van der Waals surface area contributed by atoms with Crippen LogP contribution in [0.15, 0.2) is 4.47 Å². The van der Waals surface area contributed by atoms with Gasteiger partial charge in [-0.1, -0.05) is 13.3 Å². The monoisotopic (exact) mass is 329 g/mol. The molecule has 1 aliphatic rings. The molecule has 1 unspecified atom stereocenters. The van der Waals surface area contributed by atoms with Gasteiger partial charge in [-0.05, 0) is 48.7 Å². The smallest absolute Gasteiger partial charge is 0.0767 e. The highest BCUT2D eigenvalue weighted by molar-refractivity contribution is 9.10. The Bertz CT molecular complexity index is 419. The van der Waals surface area contributed by atoms with Crippen LogP contribution in [-0.4, -0.2) is 39.0 Å². The van der Waals surface area contributed by atoms with Crippen molar-refractivity contribution < 1.29 is 5.11 Å². The van der Waals surface area contributed by atoms with Gasteiger partial charge in [0.15, 0.2) is 0 Å². The van der Waals surface area contributed by atoms with Crippen molar-refractivity contribution in [1.29, 1.82) is 0 Å². The van der Waals surface area contributed by atoms with Gasteiger partial charge in [0, 0.05) is 19.1 Å². The summed E-state index contributed by atoms with van der Waals surface area (Å²) >= 11 is 3.70.